The summed E-state index contributed by atoms with van der Waals surface area (Å²) in [5, 5.41) is 12.2. The number of hydrogen-bond donors (Lipinski definition) is 1. The topological polar surface area (TPSA) is 52.0 Å². The number of halogens is 3. The molecule has 25 heavy (non-hydrogen) atoms. The van der Waals surface area contributed by atoms with Crippen molar-refractivity contribution in [2.24, 2.45) is 0 Å². The Morgan fingerprint density at radius 2 is 1.76 bits per heavy atom. The van der Waals surface area contributed by atoms with Gasteiger partial charge in [0.2, 0.25) is 0 Å². The van der Waals surface area contributed by atoms with E-state index in [-0.39, 0.29) is 12.1 Å². The maximum absolute atomic E-state index is 13.1. The standard InChI is InChI=1S/C18H15F3N4/c19-18(20,21)16-6-5-15(25-13-7-14(25)10-23-9-13)17(24-16)12-3-1-11(8-22)2-4-12/h1-6,13-14,23H,7,9-10H2. The SMILES string of the molecule is N#Cc1ccc(-c2nc(C(F)(F)F)ccc2N2C3CNCC2C3)cc1. The Balaban J connectivity index is 1.82. The summed E-state index contributed by atoms with van der Waals surface area (Å²) in [6, 6.07) is 11.7. The van der Waals surface area contributed by atoms with E-state index < -0.39 is 11.9 Å². The first kappa shape index (κ1) is 15.9. The van der Waals surface area contributed by atoms with Gasteiger partial charge in [0.25, 0.3) is 0 Å². The largest absolute Gasteiger partial charge is 0.433 e. The molecule has 0 aliphatic carbocycles. The summed E-state index contributed by atoms with van der Waals surface area (Å²) in [4.78, 5) is 6.09. The zero-order chi connectivity index (χ0) is 17.6. The molecular formula is C18H15F3N4. The lowest BCUT2D eigenvalue weighted by Crippen LogP contribution is -2.68. The van der Waals surface area contributed by atoms with Crippen LogP contribution in [0.15, 0.2) is 36.4 Å². The van der Waals surface area contributed by atoms with Gasteiger partial charge in [0, 0.05) is 30.7 Å². The third kappa shape index (κ3) is 2.72. The molecule has 7 heteroatoms. The fraction of sp³-hybridized carbons (Fsp3) is 0.333. The molecule has 2 saturated heterocycles. The van der Waals surface area contributed by atoms with Gasteiger partial charge in [-0.05, 0) is 30.7 Å². The van der Waals surface area contributed by atoms with E-state index in [0.29, 0.717) is 16.8 Å². The van der Waals surface area contributed by atoms with Crippen LogP contribution in [0.25, 0.3) is 11.3 Å². The molecule has 1 N–H and O–H groups in total. The molecule has 2 aliphatic heterocycles. The molecule has 0 radical (unpaired) electrons. The molecule has 1 aromatic heterocycles. The third-order valence-electron chi connectivity index (χ3n) is 4.82. The minimum Gasteiger partial charge on any atom is -0.361 e. The number of anilines is 1. The van der Waals surface area contributed by atoms with E-state index in [4.69, 9.17) is 5.26 Å². The number of nitriles is 1. The normalized spacial score (nSPS) is 22.2. The first-order chi connectivity index (χ1) is 12.0. The zero-order valence-corrected chi connectivity index (χ0v) is 13.2. The van der Waals surface area contributed by atoms with Gasteiger partial charge < -0.3 is 10.2 Å². The Labute approximate surface area is 142 Å². The average Bonchev–Trinajstić information content (AvgIpc) is 2.62. The monoisotopic (exact) mass is 344 g/mol. The lowest BCUT2D eigenvalue weighted by molar-refractivity contribution is -0.141. The van der Waals surface area contributed by atoms with Gasteiger partial charge in [-0.15, -0.1) is 0 Å². The summed E-state index contributed by atoms with van der Waals surface area (Å²) < 4.78 is 39.4. The van der Waals surface area contributed by atoms with Crippen molar-refractivity contribution < 1.29 is 13.2 Å². The summed E-state index contributed by atoms with van der Waals surface area (Å²) in [6.45, 7) is 1.65. The quantitative estimate of drug-likeness (QED) is 0.909. The molecule has 2 unspecified atom stereocenters. The Hall–Kier alpha value is -2.59. The van der Waals surface area contributed by atoms with Crippen molar-refractivity contribution in [3.63, 3.8) is 0 Å². The molecule has 2 bridgehead atoms. The minimum absolute atomic E-state index is 0.286. The van der Waals surface area contributed by atoms with Crippen LogP contribution in [0, 0.1) is 11.3 Å². The molecule has 0 amide bonds. The molecule has 4 rings (SSSR count). The van der Waals surface area contributed by atoms with Gasteiger partial charge in [0.1, 0.15) is 5.69 Å². The van der Waals surface area contributed by atoms with Crippen LogP contribution >= 0.6 is 0 Å². The number of hydrogen-bond acceptors (Lipinski definition) is 4. The van der Waals surface area contributed by atoms with Crippen molar-refractivity contribution in [3.05, 3.63) is 47.7 Å². The van der Waals surface area contributed by atoms with E-state index in [2.05, 4.69) is 15.2 Å². The van der Waals surface area contributed by atoms with Crippen molar-refractivity contribution in [2.45, 2.75) is 24.7 Å². The molecular weight excluding hydrogens is 329 g/mol. The molecule has 2 aliphatic rings. The molecule has 3 heterocycles. The summed E-state index contributed by atoms with van der Waals surface area (Å²) in [5.74, 6) is 0. The Morgan fingerprint density at radius 1 is 1.08 bits per heavy atom. The number of alkyl halides is 3. The van der Waals surface area contributed by atoms with Crippen LogP contribution in [0.1, 0.15) is 17.7 Å². The number of nitrogens with zero attached hydrogens (tertiary/aromatic N) is 3. The van der Waals surface area contributed by atoms with Gasteiger partial charge in [0.05, 0.1) is 23.0 Å². The first-order valence-electron chi connectivity index (χ1n) is 8.05. The number of nitrogens with one attached hydrogen (secondary N) is 1. The summed E-state index contributed by atoms with van der Waals surface area (Å²) in [7, 11) is 0. The smallest absolute Gasteiger partial charge is 0.361 e. The maximum Gasteiger partial charge on any atom is 0.433 e. The lowest BCUT2D eigenvalue weighted by Gasteiger charge is -2.55. The number of piperazine rings is 1. The number of rotatable bonds is 2. The van der Waals surface area contributed by atoms with Crippen molar-refractivity contribution >= 4 is 5.69 Å². The fourth-order valence-corrected chi connectivity index (χ4v) is 3.61. The molecule has 2 fully saturated rings. The van der Waals surface area contributed by atoms with E-state index in [0.717, 1.165) is 31.3 Å². The van der Waals surface area contributed by atoms with Gasteiger partial charge in [-0.25, -0.2) is 4.98 Å². The van der Waals surface area contributed by atoms with E-state index in [1.165, 1.54) is 6.07 Å². The van der Waals surface area contributed by atoms with Crippen molar-refractivity contribution in [1.82, 2.24) is 10.3 Å². The van der Waals surface area contributed by atoms with Crippen LogP contribution in [-0.4, -0.2) is 30.2 Å². The number of pyridine rings is 1. The maximum atomic E-state index is 13.1. The summed E-state index contributed by atoms with van der Waals surface area (Å²) >= 11 is 0. The first-order valence-corrected chi connectivity index (χ1v) is 8.05. The van der Waals surface area contributed by atoms with Gasteiger partial charge in [-0.2, -0.15) is 18.4 Å². The molecule has 4 nitrogen and oxygen atoms in total. The second-order valence-electron chi connectivity index (χ2n) is 6.36. The fourth-order valence-electron chi connectivity index (χ4n) is 3.61. The van der Waals surface area contributed by atoms with Crippen molar-refractivity contribution in [2.75, 3.05) is 18.0 Å². The molecule has 1 aromatic carbocycles. The molecule has 2 aromatic rings. The van der Waals surface area contributed by atoms with E-state index in [1.807, 2.05) is 6.07 Å². The summed E-state index contributed by atoms with van der Waals surface area (Å²) in [6.07, 6.45) is -3.45. The molecule has 128 valence electrons. The highest BCUT2D eigenvalue weighted by atomic mass is 19.4. The van der Waals surface area contributed by atoms with Crippen LogP contribution < -0.4 is 10.2 Å². The Bertz CT molecular complexity index is 825. The number of fused-ring (bicyclic) bond motifs is 2. The highest BCUT2D eigenvalue weighted by molar-refractivity contribution is 5.77. The third-order valence-corrected chi connectivity index (χ3v) is 4.82. The van der Waals surface area contributed by atoms with E-state index >= 15 is 0 Å². The van der Waals surface area contributed by atoms with Crippen molar-refractivity contribution in [3.8, 4) is 17.3 Å². The van der Waals surface area contributed by atoms with E-state index in [9.17, 15) is 13.2 Å². The minimum atomic E-state index is -4.49. The van der Waals surface area contributed by atoms with Crippen LogP contribution in [0.3, 0.4) is 0 Å². The van der Waals surface area contributed by atoms with Gasteiger partial charge >= 0.3 is 6.18 Å². The number of benzene rings is 1. The van der Waals surface area contributed by atoms with Gasteiger partial charge in [-0.3, -0.25) is 0 Å². The van der Waals surface area contributed by atoms with Crippen LogP contribution in [0.2, 0.25) is 0 Å². The van der Waals surface area contributed by atoms with Crippen LogP contribution in [-0.2, 0) is 6.18 Å². The second kappa shape index (κ2) is 5.74. The zero-order valence-electron chi connectivity index (χ0n) is 13.2. The number of aromatic nitrogens is 1. The lowest BCUT2D eigenvalue weighted by atomic mass is 9.87. The highest BCUT2D eigenvalue weighted by Crippen LogP contribution is 2.41. The Morgan fingerprint density at radius 3 is 2.32 bits per heavy atom. The van der Waals surface area contributed by atoms with Crippen LogP contribution in [0.4, 0.5) is 18.9 Å². The predicted octanol–water partition coefficient (Wildman–Crippen LogP) is 3.19. The van der Waals surface area contributed by atoms with Gasteiger partial charge in [-0.1, -0.05) is 12.1 Å². The average molecular weight is 344 g/mol. The predicted molar refractivity (Wildman–Crippen MR) is 86.9 cm³/mol. The number of piperidine rings is 1. The van der Waals surface area contributed by atoms with E-state index in [1.54, 1.807) is 24.3 Å². The molecule has 0 spiro atoms. The van der Waals surface area contributed by atoms with Crippen LogP contribution in [0.5, 0.6) is 0 Å². The second-order valence-corrected chi connectivity index (χ2v) is 6.36. The van der Waals surface area contributed by atoms with Crippen molar-refractivity contribution in [1.29, 1.82) is 5.26 Å². The molecule has 0 saturated carbocycles. The highest BCUT2D eigenvalue weighted by Gasteiger charge is 2.43. The molecule has 2 atom stereocenters. The Kier molecular flexibility index (Phi) is 3.65. The van der Waals surface area contributed by atoms with Gasteiger partial charge in [0.15, 0.2) is 0 Å². The summed E-state index contributed by atoms with van der Waals surface area (Å²) in [5.41, 5.74) is 1.18.